The zero-order chi connectivity index (χ0) is 13.8. The quantitative estimate of drug-likeness (QED) is 0.686. The number of anilines is 1. The van der Waals surface area contributed by atoms with Crippen LogP contribution in [0.1, 0.15) is 16.1 Å². The van der Waals surface area contributed by atoms with Crippen molar-refractivity contribution in [1.82, 2.24) is 4.98 Å². The van der Waals surface area contributed by atoms with Gasteiger partial charge < -0.3 is 5.32 Å². The van der Waals surface area contributed by atoms with Gasteiger partial charge >= 0.3 is 0 Å². The van der Waals surface area contributed by atoms with Gasteiger partial charge in [-0.05, 0) is 37.4 Å². The van der Waals surface area contributed by atoms with Crippen LogP contribution >= 0.6 is 23.4 Å². The van der Waals surface area contributed by atoms with Crippen molar-refractivity contribution in [3.8, 4) is 0 Å². The summed E-state index contributed by atoms with van der Waals surface area (Å²) in [6, 6.07) is 10.9. The number of carbonyl (C=O) groups is 1. The van der Waals surface area contributed by atoms with E-state index in [1.54, 1.807) is 30.8 Å². The lowest BCUT2D eigenvalue weighted by molar-refractivity contribution is 0.102. The van der Waals surface area contributed by atoms with Crippen LogP contribution in [0.25, 0.3) is 0 Å². The predicted molar refractivity (Wildman–Crippen MR) is 80.2 cm³/mol. The van der Waals surface area contributed by atoms with Crippen LogP contribution in [0, 0.1) is 6.92 Å². The molecule has 1 aromatic carbocycles. The number of pyridine rings is 1. The Balaban J connectivity index is 2.25. The van der Waals surface area contributed by atoms with Gasteiger partial charge in [0.25, 0.3) is 5.91 Å². The third-order valence-electron chi connectivity index (χ3n) is 2.54. The van der Waals surface area contributed by atoms with Gasteiger partial charge in [0.05, 0.1) is 5.69 Å². The molecular weight excluding hydrogens is 280 g/mol. The number of hydrogen-bond acceptors (Lipinski definition) is 3. The summed E-state index contributed by atoms with van der Waals surface area (Å²) in [5, 5.41) is 3.21. The molecule has 0 aliphatic carbocycles. The molecule has 2 aromatic rings. The number of nitrogens with zero attached hydrogens (tertiary/aromatic N) is 1. The number of amides is 1. The number of hydrogen-bond donors (Lipinski definition) is 1. The highest BCUT2D eigenvalue weighted by molar-refractivity contribution is 7.98. The molecule has 0 unspecified atom stereocenters. The van der Waals surface area contributed by atoms with Gasteiger partial charge in [0.2, 0.25) is 0 Å². The normalized spacial score (nSPS) is 10.3. The van der Waals surface area contributed by atoms with Crippen molar-refractivity contribution in [2.45, 2.75) is 11.8 Å². The first-order valence-electron chi connectivity index (χ1n) is 5.68. The van der Waals surface area contributed by atoms with Crippen molar-refractivity contribution in [2.24, 2.45) is 0 Å². The van der Waals surface area contributed by atoms with Crippen molar-refractivity contribution < 1.29 is 4.79 Å². The molecular formula is C14H13ClN2OS. The van der Waals surface area contributed by atoms with E-state index in [2.05, 4.69) is 10.3 Å². The van der Waals surface area contributed by atoms with Crippen LogP contribution in [0.4, 0.5) is 5.69 Å². The van der Waals surface area contributed by atoms with Crippen LogP contribution < -0.4 is 5.32 Å². The molecule has 5 heteroatoms. The lowest BCUT2D eigenvalue weighted by Crippen LogP contribution is -2.13. The number of para-hydroxylation sites is 1. The molecule has 0 fully saturated rings. The molecule has 0 radical (unpaired) electrons. The van der Waals surface area contributed by atoms with Crippen LogP contribution in [0.5, 0.6) is 0 Å². The summed E-state index contributed by atoms with van der Waals surface area (Å²) in [5.74, 6) is -0.186. The SMILES string of the molecule is CSc1ccccc1NC(=O)c1cc(C)nc(Cl)c1. The first-order chi connectivity index (χ1) is 9.10. The Hall–Kier alpha value is -1.52. The summed E-state index contributed by atoms with van der Waals surface area (Å²) in [6.07, 6.45) is 1.97. The number of thioether (sulfide) groups is 1. The van der Waals surface area contributed by atoms with Crippen molar-refractivity contribution in [2.75, 3.05) is 11.6 Å². The molecule has 0 saturated carbocycles. The number of benzene rings is 1. The first-order valence-corrected chi connectivity index (χ1v) is 7.29. The van der Waals surface area contributed by atoms with E-state index < -0.39 is 0 Å². The van der Waals surface area contributed by atoms with E-state index in [4.69, 9.17) is 11.6 Å². The summed E-state index contributed by atoms with van der Waals surface area (Å²) in [4.78, 5) is 17.2. The van der Waals surface area contributed by atoms with Crippen LogP contribution in [0.3, 0.4) is 0 Å². The zero-order valence-corrected chi connectivity index (χ0v) is 12.2. The molecule has 1 aromatic heterocycles. The Kier molecular flexibility index (Phi) is 4.45. The molecule has 0 spiro atoms. The average molecular weight is 293 g/mol. The lowest BCUT2D eigenvalue weighted by Gasteiger charge is -2.09. The van der Waals surface area contributed by atoms with Gasteiger partial charge in [0.15, 0.2) is 0 Å². The predicted octanol–water partition coefficient (Wildman–Crippen LogP) is 4.02. The molecule has 0 atom stereocenters. The van der Waals surface area contributed by atoms with E-state index in [9.17, 15) is 4.79 Å². The topological polar surface area (TPSA) is 42.0 Å². The van der Waals surface area contributed by atoms with Gasteiger partial charge in [-0.15, -0.1) is 11.8 Å². The molecule has 2 rings (SSSR count). The summed E-state index contributed by atoms with van der Waals surface area (Å²) in [5.41, 5.74) is 2.02. The van der Waals surface area contributed by atoms with Gasteiger partial charge in [-0.3, -0.25) is 4.79 Å². The number of rotatable bonds is 3. The van der Waals surface area contributed by atoms with E-state index >= 15 is 0 Å². The van der Waals surface area contributed by atoms with E-state index in [1.807, 2.05) is 30.5 Å². The number of carbonyl (C=O) groups excluding carboxylic acids is 1. The standard InChI is InChI=1S/C14H13ClN2OS/c1-9-7-10(8-13(15)16-9)14(18)17-11-5-3-4-6-12(11)19-2/h3-8H,1-2H3,(H,17,18). The third kappa shape index (κ3) is 3.49. The smallest absolute Gasteiger partial charge is 0.255 e. The van der Waals surface area contributed by atoms with E-state index in [0.29, 0.717) is 10.7 Å². The van der Waals surface area contributed by atoms with Gasteiger partial charge in [-0.1, -0.05) is 23.7 Å². The van der Waals surface area contributed by atoms with Gasteiger partial charge in [-0.2, -0.15) is 0 Å². The Morgan fingerprint density at radius 2 is 2.05 bits per heavy atom. The van der Waals surface area contributed by atoms with Crippen molar-refractivity contribution in [3.05, 3.63) is 52.8 Å². The Morgan fingerprint density at radius 3 is 2.74 bits per heavy atom. The minimum Gasteiger partial charge on any atom is -0.321 e. The maximum Gasteiger partial charge on any atom is 0.255 e. The molecule has 1 amide bonds. The lowest BCUT2D eigenvalue weighted by atomic mass is 10.2. The second-order valence-corrected chi connectivity index (χ2v) is 5.21. The Bertz CT molecular complexity index is 596. The Morgan fingerprint density at radius 1 is 1.32 bits per heavy atom. The average Bonchev–Trinajstić information content (AvgIpc) is 2.38. The number of halogens is 1. The minimum atomic E-state index is -0.186. The third-order valence-corrected chi connectivity index (χ3v) is 3.53. The molecule has 1 heterocycles. The van der Waals surface area contributed by atoms with Gasteiger partial charge in [0, 0.05) is 16.2 Å². The maximum atomic E-state index is 12.2. The summed E-state index contributed by atoms with van der Waals surface area (Å²) >= 11 is 7.45. The molecule has 0 aliphatic heterocycles. The maximum absolute atomic E-state index is 12.2. The summed E-state index contributed by atoms with van der Waals surface area (Å²) in [7, 11) is 0. The van der Waals surface area contributed by atoms with E-state index in [1.165, 1.54) is 0 Å². The van der Waals surface area contributed by atoms with Crippen LogP contribution in [0.15, 0.2) is 41.3 Å². The second-order valence-electron chi connectivity index (χ2n) is 3.97. The highest BCUT2D eigenvalue weighted by atomic mass is 35.5. The fourth-order valence-corrected chi connectivity index (χ4v) is 2.51. The van der Waals surface area contributed by atoms with Crippen molar-refractivity contribution in [1.29, 1.82) is 0 Å². The second kappa shape index (κ2) is 6.08. The highest BCUT2D eigenvalue weighted by Gasteiger charge is 2.10. The molecule has 3 nitrogen and oxygen atoms in total. The van der Waals surface area contributed by atoms with Gasteiger partial charge in [-0.25, -0.2) is 4.98 Å². The summed E-state index contributed by atoms with van der Waals surface area (Å²) in [6.45, 7) is 1.80. The van der Waals surface area contributed by atoms with Crippen LogP contribution in [-0.4, -0.2) is 17.1 Å². The van der Waals surface area contributed by atoms with Crippen LogP contribution in [-0.2, 0) is 0 Å². The van der Waals surface area contributed by atoms with E-state index in [-0.39, 0.29) is 5.91 Å². The number of aryl methyl sites for hydroxylation is 1. The van der Waals surface area contributed by atoms with Gasteiger partial charge in [0.1, 0.15) is 5.15 Å². The van der Waals surface area contributed by atoms with Crippen LogP contribution in [0.2, 0.25) is 5.15 Å². The molecule has 19 heavy (non-hydrogen) atoms. The molecule has 0 bridgehead atoms. The fraction of sp³-hybridized carbons (Fsp3) is 0.143. The number of nitrogens with one attached hydrogen (secondary N) is 1. The van der Waals surface area contributed by atoms with Crippen molar-refractivity contribution in [3.63, 3.8) is 0 Å². The molecule has 1 N–H and O–H groups in total. The molecule has 98 valence electrons. The molecule has 0 aliphatic rings. The zero-order valence-electron chi connectivity index (χ0n) is 10.6. The number of aromatic nitrogens is 1. The fourth-order valence-electron chi connectivity index (χ4n) is 1.70. The minimum absolute atomic E-state index is 0.186. The first kappa shape index (κ1) is 13.9. The largest absolute Gasteiger partial charge is 0.321 e. The summed E-state index contributed by atoms with van der Waals surface area (Å²) < 4.78 is 0. The Labute approximate surface area is 121 Å². The van der Waals surface area contributed by atoms with Crippen molar-refractivity contribution >= 4 is 35.0 Å². The highest BCUT2D eigenvalue weighted by Crippen LogP contribution is 2.25. The monoisotopic (exact) mass is 292 g/mol. The van der Waals surface area contributed by atoms with E-state index in [0.717, 1.165) is 16.3 Å². The molecule has 0 saturated heterocycles.